The van der Waals surface area contributed by atoms with Gasteiger partial charge in [-0.05, 0) is 41.8 Å². The van der Waals surface area contributed by atoms with Crippen LogP contribution in [0.2, 0.25) is 0 Å². The van der Waals surface area contributed by atoms with Crippen molar-refractivity contribution in [2.45, 2.75) is 17.2 Å². The van der Waals surface area contributed by atoms with E-state index in [0.717, 1.165) is 29.0 Å². The summed E-state index contributed by atoms with van der Waals surface area (Å²) in [5, 5.41) is 17.0. The van der Waals surface area contributed by atoms with E-state index in [9.17, 15) is 0 Å². The van der Waals surface area contributed by atoms with Gasteiger partial charge in [-0.3, -0.25) is 0 Å². The first kappa shape index (κ1) is 19.9. The zero-order valence-electron chi connectivity index (χ0n) is 13.8. The van der Waals surface area contributed by atoms with Crippen molar-refractivity contribution in [2.75, 3.05) is 26.4 Å². The normalized spacial score (nSPS) is 13.3. The van der Waals surface area contributed by atoms with Crippen molar-refractivity contribution in [1.82, 2.24) is 0 Å². The van der Waals surface area contributed by atoms with E-state index in [2.05, 4.69) is 0 Å². The quantitative estimate of drug-likeness (QED) is 0.617. The van der Waals surface area contributed by atoms with Crippen LogP contribution >= 0.6 is 23.2 Å². The molecule has 0 unspecified atom stereocenters. The molecular formula is C19H22Cl2O4. The lowest BCUT2D eigenvalue weighted by molar-refractivity contribution is 0.237. The first-order valence-electron chi connectivity index (χ1n) is 8.04. The fraction of sp³-hybridized carbons (Fsp3) is 0.368. The summed E-state index contributed by atoms with van der Waals surface area (Å²) in [4.78, 5) is 0. The third kappa shape index (κ3) is 7.12. The van der Waals surface area contributed by atoms with Gasteiger partial charge >= 0.3 is 0 Å². The summed E-state index contributed by atoms with van der Waals surface area (Å²) in [6.45, 7) is 0.340. The average molecular weight is 385 g/mol. The zero-order chi connectivity index (χ0) is 18.1. The van der Waals surface area contributed by atoms with Crippen molar-refractivity contribution in [3.05, 3.63) is 59.7 Å². The summed E-state index contributed by atoms with van der Waals surface area (Å²) in [6.07, 6.45) is 0.796. The Bertz CT molecular complexity index is 561. The second kappa shape index (κ2) is 10.5. The molecule has 0 amide bonds. The molecule has 0 spiro atoms. The van der Waals surface area contributed by atoms with E-state index < -0.39 is 10.8 Å². The molecular weight excluding hydrogens is 363 g/mol. The van der Waals surface area contributed by atoms with Crippen LogP contribution in [0.25, 0.3) is 0 Å². The van der Waals surface area contributed by atoms with Crippen molar-refractivity contribution in [2.24, 2.45) is 0 Å². The largest absolute Gasteiger partial charge is 0.492 e. The Morgan fingerprint density at radius 3 is 1.36 bits per heavy atom. The molecule has 4 nitrogen and oxygen atoms in total. The Hall–Kier alpha value is -1.46. The van der Waals surface area contributed by atoms with Crippen molar-refractivity contribution < 1.29 is 19.7 Å². The molecule has 0 aliphatic heterocycles. The van der Waals surface area contributed by atoms with E-state index in [0.29, 0.717) is 0 Å². The fourth-order valence-corrected chi connectivity index (χ4v) is 2.25. The minimum atomic E-state index is -0.396. The minimum absolute atomic E-state index is 0.106. The van der Waals surface area contributed by atoms with Gasteiger partial charge in [0.2, 0.25) is 0 Å². The maximum Gasteiger partial charge on any atom is 0.119 e. The Labute approximate surface area is 157 Å². The summed E-state index contributed by atoms with van der Waals surface area (Å²) >= 11 is 11.6. The number of aliphatic hydroxyl groups is 2. The maximum atomic E-state index is 8.88. The van der Waals surface area contributed by atoms with Crippen LogP contribution in [0.3, 0.4) is 0 Å². The van der Waals surface area contributed by atoms with E-state index in [1.54, 1.807) is 0 Å². The Morgan fingerprint density at radius 2 is 1.04 bits per heavy atom. The maximum absolute atomic E-state index is 8.88. The standard InChI is InChI=1S/C19H22Cl2O4/c20-16(10-22)12-24-18-5-1-14(2-6-18)9-15-3-7-19(8-4-15)25-13-17(21)11-23/h1-8,16-17,22-23H,9-13H2/t16-,17-/m0/s1. The van der Waals surface area contributed by atoms with Gasteiger partial charge in [0.1, 0.15) is 24.7 Å². The highest BCUT2D eigenvalue weighted by atomic mass is 35.5. The molecule has 0 fully saturated rings. The van der Waals surface area contributed by atoms with Crippen LogP contribution in [0.1, 0.15) is 11.1 Å². The van der Waals surface area contributed by atoms with Gasteiger partial charge in [-0.1, -0.05) is 24.3 Å². The minimum Gasteiger partial charge on any atom is -0.492 e. The number of halogens is 2. The molecule has 0 aliphatic carbocycles. The van der Waals surface area contributed by atoms with Gasteiger partial charge in [-0.2, -0.15) is 0 Å². The topological polar surface area (TPSA) is 58.9 Å². The number of hydrogen-bond donors (Lipinski definition) is 2. The van der Waals surface area contributed by atoms with Crippen LogP contribution in [0.5, 0.6) is 11.5 Å². The lowest BCUT2D eigenvalue weighted by atomic mass is 10.0. The van der Waals surface area contributed by atoms with Crippen LogP contribution in [0.4, 0.5) is 0 Å². The lowest BCUT2D eigenvalue weighted by Gasteiger charge is -2.11. The van der Waals surface area contributed by atoms with Crippen LogP contribution in [-0.4, -0.2) is 47.4 Å². The van der Waals surface area contributed by atoms with E-state index in [1.165, 1.54) is 0 Å². The highest BCUT2D eigenvalue weighted by Gasteiger charge is 2.05. The molecule has 0 heterocycles. The van der Waals surface area contributed by atoms with Crippen LogP contribution in [0, 0.1) is 0 Å². The lowest BCUT2D eigenvalue weighted by Crippen LogP contribution is -2.15. The van der Waals surface area contributed by atoms with Gasteiger partial charge in [-0.25, -0.2) is 0 Å². The first-order chi connectivity index (χ1) is 12.1. The second-order valence-electron chi connectivity index (χ2n) is 5.65. The third-order valence-electron chi connectivity index (χ3n) is 3.51. The summed E-state index contributed by atoms with van der Waals surface area (Å²) in [5.41, 5.74) is 2.32. The molecule has 0 aromatic heterocycles. The molecule has 0 saturated heterocycles. The van der Waals surface area contributed by atoms with E-state index in [1.807, 2.05) is 48.5 Å². The van der Waals surface area contributed by atoms with Gasteiger partial charge in [0, 0.05) is 0 Å². The number of rotatable bonds is 10. The van der Waals surface area contributed by atoms with Crippen molar-refractivity contribution >= 4 is 23.2 Å². The Kier molecular flexibility index (Phi) is 8.35. The third-order valence-corrected chi connectivity index (χ3v) is 4.04. The van der Waals surface area contributed by atoms with Crippen LogP contribution in [0.15, 0.2) is 48.5 Å². The number of aliphatic hydroxyl groups excluding tert-OH is 2. The number of benzene rings is 2. The van der Waals surface area contributed by atoms with Crippen LogP contribution in [-0.2, 0) is 6.42 Å². The predicted octanol–water partition coefficient (Wildman–Crippen LogP) is 3.23. The van der Waals surface area contributed by atoms with Crippen LogP contribution < -0.4 is 9.47 Å². The molecule has 0 bridgehead atoms. The average Bonchev–Trinajstić information content (AvgIpc) is 2.66. The van der Waals surface area contributed by atoms with Gasteiger partial charge in [0.15, 0.2) is 0 Å². The summed E-state index contributed by atoms with van der Waals surface area (Å²) in [5.74, 6) is 1.46. The van der Waals surface area contributed by atoms with Gasteiger partial charge < -0.3 is 19.7 Å². The fourth-order valence-electron chi connectivity index (χ4n) is 2.12. The summed E-state index contributed by atoms with van der Waals surface area (Å²) < 4.78 is 11.0. The highest BCUT2D eigenvalue weighted by Crippen LogP contribution is 2.18. The Morgan fingerprint density at radius 1 is 0.680 bits per heavy atom. The number of ether oxygens (including phenoxy) is 2. The smallest absolute Gasteiger partial charge is 0.119 e. The summed E-state index contributed by atoms with van der Waals surface area (Å²) in [7, 11) is 0. The monoisotopic (exact) mass is 384 g/mol. The summed E-state index contributed by atoms with van der Waals surface area (Å²) in [6, 6.07) is 15.6. The number of hydrogen-bond acceptors (Lipinski definition) is 4. The number of alkyl halides is 2. The molecule has 0 radical (unpaired) electrons. The second-order valence-corrected chi connectivity index (χ2v) is 6.88. The highest BCUT2D eigenvalue weighted by molar-refractivity contribution is 6.21. The Balaban J connectivity index is 1.85. The molecule has 2 aromatic carbocycles. The molecule has 2 N–H and O–H groups in total. The predicted molar refractivity (Wildman–Crippen MR) is 100 cm³/mol. The molecule has 6 heteroatoms. The van der Waals surface area contributed by atoms with E-state index in [4.69, 9.17) is 42.9 Å². The molecule has 25 heavy (non-hydrogen) atoms. The zero-order valence-corrected chi connectivity index (χ0v) is 15.3. The first-order valence-corrected chi connectivity index (χ1v) is 8.91. The van der Waals surface area contributed by atoms with Gasteiger partial charge in [-0.15, -0.1) is 23.2 Å². The van der Waals surface area contributed by atoms with Gasteiger partial charge in [0.05, 0.1) is 24.0 Å². The molecule has 0 saturated carbocycles. The van der Waals surface area contributed by atoms with E-state index in [-0.39, 0.29) is 26.4 Å². The van der Waals surface area contributed by atoms with E-state index >= 15 is 0 Å². The SMILES string of the molecule is OC[C@H](Cl)COc1ccc(Cc2ccc(OC[C@@H](Cl)CO)cc2)cc1. The van der Waals surface area contributed by atoms with Crippen molar-refractivity contribution in [3.63, 3.8) is 0 Å². The van der Waals surface area contributed by atoms with Gasteiger partial charge in [0.25, 0.3) is 0 Å². The molecule has 2 aromatic rings. The molecule has 2 atom stereocenters. The van der Waals surface area contributed by atoms with Crippen molar-refractivity contribution in [3.8, 4) is 11.5 Å². The molecule has 2 rings (SSSR count). The van der Waals surface area contributed by atoms with Crippen molar-refractivity contribution in [1.29, 1.82) is 0 Å². The molecule has 0 aliphatic rings. The molecule has 136 valence electrons.